The van der Waals surface area contributed by atoms with Crippen LogP contribution in [-0.4, -0.2) is 25.0 Å². The minimum absolute atomic E-state index is 0.361. The van der Waals surface area contributed by atoms with E-state index in [1.165, 1.54) is 6.26 Å². The van der Waals surface area contributed by atoms with E-state index in [1.807, 2.05) is 0 Å². The zero-order valence-corrected chi connectivity index (χ0v) is 6.30. The van der Waals surface area contributed by atoms with E-state index >= 15 is 0 Å². The number of epoxide rings is 1. The van der Waals surface area contributed by atoms with Gasteiger partial charge in [-0.05, 0) is 12.2 Å². The third-order valence-electron chi connectivity index (χ3n) is 1.50. The lowest BCUT2D eigenvalue weighted by Gasteiger charge is -2.14. The molecule has 0 saturated carbocycles. The SMILES string of the molecule is O=C(OC1C=CC=CO1)C1CO1. The van der Waals surface area contributed by atoms with Gasteiger partial charge in [-0.25, -0.2) is 4.79 Å². The lowest BCUT2D eigenvalue weighted by atomic mass is 10.4. The molecule has 12 heavy (non-hydrogen) atoms. The summed E-state index contributed by atoms with van der Waals surface area (Å²) in [6.07, 6.45) is 5.65. The minimum Gasteiger partial charge on any atom is -0.459 e. The molecule has 2 rings (SSSR count). The van der Waals surface area contributed by atoms with E-state index in [-0.39, 0.29) is 12.1 Å². The summed E-state index contributed by atoms with van der Waals surface area (Å²) in [6, 6.07) is 0. The standard InChI is InChI=1S/C8H8O4/c9-8(6-5-11-6)12-7-3-1-2-4-10-7/h1-4,6-7H,5H2. The van der Waals surface area contributed by atoms with Crippen molar-refractivity contribution in [3.63, 3.8) is 0 Å². The fourth-order valence-electron chi connectivity index (χ4n) is 0.810. The van der Waals surface area contributed by atoms with Crippen molar-refractivity contribution in [2.24, 2.45) is 0 Å². The molecule has 2 aliphatic heterocycles. The average Bonchev–Trinajstić information content (AvgIpc) is 2.88. The molecule has 0 N–H and O–H groups in total. The number of hydrogen-bond acceptors (Lipinski definition) is 4. The number of carbonyl (C=O) groups is 1. The van der Waals surface area contributed by atoms with Gasteiger partial charge in [0, 0.05) is 0 Å². The second-order valence-corrected chi connectivity index (χ2v) is 2.48. The Morgan fingerprint density at radius 2 is 2.33 bits per heavy atom. The number of ether oxygens (including phenoxy) is 3. The van der Waals surface area contributed by atoms with E-state index in [0.717, 1.165) is 0 Å². The molecule has 0 aromatic heterocycles. The molecule has 2 heterocycles. The largest absolute Gasteiger partial charge is 0.459 e. The molecular formula is C8H8O4. The summed E-state index contributed by atoms with van der Waals surface area (Å²) < 4.78 is 14.6. The van der Waals surface area contributed by atoms with Crippen LogP contribution in [0.5, 0.6) is 0 Å². The van der Waals surface area contributed by atoms with E-state index in [0.29, 0.717) is 6.61 Å². The molecule has 0 amide bonds. The molecular weight excluding hydrogens is 160 g/mol. The van der Waals surface area contributed by atoms with Gasteiger partial charge in [-0.15, -0.1) is 0 Å². The highest BCUT2D eigenvalue weighted by molar-refractivity contribution is 5.77. The van der Waals surface area contributed by atoms with Crippen LogP contribution in [0.3, 0.4) is 0 Å². The molecule has 0 aromatic carbocycles. The summed E-state index contributed by atoms with van der Waals surface area (Å²) in [5.74, 6) is -0.361. The van der Waals surface area contributed by atoms with Crippen LogP contribution in [0.25, 0.3) is 0 Å². The Balaban J connectivity index is 1.82. The third-order valence-corrected chi connectivity index (χ3v) is 1.50. The Bertz CT molecular complexity index is 239. The average molecular weight is 168 g/mol. The van der Waals surface area contributed by atoms with E-state index in [4.69, 9.17) is 14.2 Å². The first-order valence-corrected chi connectivity index (χ1v) is 3.67. The van der Waals surface area contributed by atoms with Crippen molar-refractivity contribution < 1.29 is 19.0 Å². The molecule has 0 radical (unpaired) electrons. The highest BCUT2D eigenvalue weighted by atomic mass is 16.7. The van der Waals surface area contributed by atoms with Gasteiger partial charge in [0.05, 0.1) is 12.9 Å². The zero-order valence-electron chi connectivity index (χ0n) is 6.30. The molecule has 1 fully saturated rings. The summed E-state index contributed by atoms with van der Waals surface area (Å²) in [4.78, 5) is 11.0. The van der Waals surface area contributed by atoms with Crippen LogP contribution >= 0.6 is 0 Å². The molecule has 0 spiro atoms. The van der Waals surface area contributed by atoms with Crippen LogP contribution in [0.4, 0.5) is 0 Å². The van der Waals surface area contributed by atoms with Crippen molar-refractivity contribution in [3.8, 4) is 0 Å². The van der Waals surface area contributed by atoms with E-state index in [1.54, 1.807) is 18.2 Å². The van der Waals surface area contributed by atoms with Gasteiger partial charge in [0.15, 0.2) is 6.10 Å². The number of allylic oxidation sites excluding steroid dienone is 2. The lowest BCUT2D eigenvalue weighted by Crippen LogP contribution is -2.21. The lowest BCUT2D eigenvalue weighted by molar-refractivity contribution is -0.163. The molecule has 4 nitrogen and oxygen atoms in total. The highest BCUT2D eigenvalue weighted by Gasteiger charge is 2.34. The van der Waals surface area contributed by atoms with Gasteiger partial charge in [0.25, 0.3) is 6.29 Å². The Labute approximate surface area is 69.4 Å². The second-order valence-electron chi connectivity index (χ2n) is 2.48. The van der Waals surface area contributed by atoms with Crippen LogP contribution in [0.1, 0.15) is 0 Å². The topological polar surface area (TPSA) is 48.1 Å². The zero-order chi connectivity index (χ0) is 8.39. The Morgan fingerprint density at radius 3 is 2.92 bits per heavy atom. The summed E-state index contributed by atoms with van der Waals surface area (Å²) in [7, 11) is 0. The second kappa shape index (κ2) is 2.98. The van der Waals surface area contributed by atoms with Gasteiger partial charge in [-0.2, -0.15) is 0 Å². The van der Waals surface area contributed by atoms with Crippen molar-refractivity contribution in [2.75, 3.05) is 6.61 Å². The van der Waals surface area contributed by atoms with Crippen LogP contribution < -0.4 is 0 Å². The maximum Gasteiger partial charge on any atom is 0.341 e. The van der Waals surface area contributed by atoms with E-state index in [2.05, 4.69) is 0 Å². The number of rotatable bonds is 2. The van der Waals surface area contributed by atoms with Gasteiger partial charge in [-0.1, -0.05) is 6.08 Å². The Hall–Kier alpha value is -1.29. The maximum atomic E-state index is 11.0. The normalized spacial score (nSPS) is 31.0. The molecule has 2 atom stereocenters. The summed E-state index contributed by atoms with van der Waals surface area (Å²) in [6.45, 7) is 0.463. The van der Waals surface area contributed by atoms with Crippen molar-refractivity contribution in [2.45, 2.75) is 12.4 Å². The van der Waals surface area contributed by atoms with Crippen molar-refractivity contribution in [1.29, 1.82) is 0 Å². The summed E-state index contributed by atoms with van der Waals surface area (Å²) in [5.41, 5.74) is 0. The molecule has 2 unspecified atom stereocenters. The van der Waals surface area contributed by atoms with Crippen molar-refractivity contribution in [3.05, 3.63) is 24.5 Å². The highest BCUT2D eigenvalue weighted by Crippen LogP contribution is 2.13. The molecule has 64 valence electrons. The first-order valence-electron chi connectivity index (χ1n) is 3.67. The smallest absolute Gasteiger partial charge is 0.341 e. The van der Waals surface area contributed by atoms with E-state index in [9.17, 15) is 4.79 Å². The van der Waals surface area contributed by atoms with Crippen LogP contribution in [0.15, 0.2) is 24.5 Å². The molecule has 0 bridgehead atoms. The Morgan fingerprint density at radius 1 is 1.50 bits per heavy atom. The number of esters is 1. The quantitative estimate of drug-likeness (QED) is 0.441. The van der Waals surface area contributed by atoms with Crippen LogP contribution in [0, 0.1) is 0 Å². The molecule has 1 saturated heterocycles. The maximum absolute atomic E-state index is 11.0. The summed E-state index contributed by atoms with van der Waals surface area (Å²) in [5, 5.41) is 0. The molecule has 0 aromatic rings. The third kappa shape index (κ3) is 1.65. The van der Waals surface area contributed by atoms with Gasteiger partial charge < -0.3 is 14.2 Å². The fourth-order valence-corrected chi connectivity index (χ4v) is 0.810. The first kappa shape index (κ1) is 7.36. The predicted octanol–water partition coefficient (Wildman–Crippen LogP) is 0.355. The van der Waals surface area contributed by atoms with Gasteiger partial charge in [-0.3, -0.25) is 0 Å². The van der Waals surface area contributed by atoms with Crippen molar-refractivity contribution >= 4 is 5.97 Å². The number of carbonyl (C=O) groups excluding carboxylic acids is 1. The van der Waals surface area contributed by atoms with Gasteiger partial charge in [0.1, 0.15) is 0 Å². The fraction of sp³-hybridized carbons (Fsp3) is 0.375. The van der Waals surface area contributed by atoms with Crippen LogP contribution in [0.2, 0.25) is 0 Å². The molecule has 0 aliphatic carbocycles. The molecule has 4 heteroatoms. The van der Waals surface area contributed by atoms with Crippen LogP contribution in [-0.2, 0) is 19.0 Å². The van der Waals surface area contributed by atoms with Gasteiger partial charge in [0.2, 0.25) is 0 Å². The van der Waals surface area contributed by atoms with E-state index < -0.39 is 6.29 Å². The first-order chi connectivity index (χ1) is 5.86. The summed E-state index contributed by atoms with van der Waals surface area (Å²) >= 11 is 0. The predicted molar refractivity (Wildman–Crippen MR) is 39.0 cm³/mol. The monoisotopic (exact) mass is 168 g/mol. The molecule has 2 aliphatic rings. The number of hydrogen-bond donors (Lipinski definition) is 0. The van der Waals surface area contributed by atoms with Crippen molar-refractivity contribution in [1.82, 2.24) is 0 Å². The Kier molecular flexibility index (Phi) is 1.83. The minimum atomic E-state index is -0.591. The van der Waals surface area contributed by atoms with Gasteiger partial charge >= 0.3 is 5.97 Å².